The van der Waals surface area contributed by atoms with Crippen molar-refractivity contribution in [2.75, 3.05) is 0 Å². The van der Waals surface area contributed by atoms with Crippen molar-refractivity contribution in [2.24, 2.45) is 11.8 Å². The molecule has 0 aromatic rings. The Hall–Kier alpha value is -0.460. The molecule has 1 rings (SSSR count). The first kappa shape index (κ1) is 15.6. The van der Waals surface area contributed by atoms with E-state index in [0.29, 0.717) is 12.8 Å². The van der Waals surface area contributed by atoms with Crippen LogP contribution < -0.4 is 0 Å². The molecule has 0 aromatic heterocycles. The highest BCUT2D eigenvalue weighted by atomic mass is 19.4. The minimum Gasteiger partial charge on any atom is -0.392 e. The maximum atomic E-state index is 12.3. The van der Waals surface area contributed by atoms with Gasteiger partial charge in [-0.15, -0.1) is 0 Å². The second-order valence-corrected chi connectivity index (χ2v) is 4.87. The van der Waals surface area contributed by atoms with Crippen molar-refractivity contribution >= 4 is 0 Å². The van der Waals surface area contributed by atoms with E-state index in [4.69, 9.17) is 0 Å². The number of hydrogen-bond donors (Lipinski definition) is 1. The Balaban J connectivity index is 2.67. The van der Waals surface area contributed by atoms with E-state index in [1.54, 1.807) is 0 Å². The summed E-state index contributed by atoms with van der Waals surface area (Å²) in [5.74, 6) is -3.87. The van der Waals surface area contributed by atoms with E-state index in [1.165, 1.54) is 0 Å². The van der Waals surface area contributed by atoms with Crippen LogP contribution in [0, 0.1) is 11.8 Å². The molecule has 1 nitrogen and oxygen atoms in total. The first-order chi connectivity index (χ1) is 8.12. The van der Waals surface area contributed by atoms with Crippen LogP contribution in [0.15, 0.2) is 0 Å². The van der Waals surface area contributed by atoms with Crippen LogP contribution >= 0.6 is 0 Å². The molecule has 0 aliphatic heterocycles. The van der Waals surface area contributed by atoms with Crippen molar-refractivity contribution in [3.8, 4) is 0 Å². The summed E-state index contributed by atoms with van der Waals surface area (Å²) in [6.45, 7) is 0. The molecule has 1 N–H and O–H groups in total. The zero-order chi connectivity index (χ0) is 14.0. The average Bonchev–Trinajstić information content (AvgIpc) is 2.13. The normalized spacial score (nSPS) is 21.3. The first-order valence-electron chi connectivity index (χ1n) is 5.94. The molecule has 1 atom stereocenters. The SMILES string of the molecule is OC(CC1CCCCC1)C(C(F)(F)F)C(F)(F)F. The van der Waals surface area contributed by atoms with Crippen molar-refractivity contribution in [1.29, 1.82) is 0 Å². The van der Waals surface area contributed by atoms with E-state index in [0.717, 1.165) is 19.3 Å². The van der Waals surface area contributed by atoms with E-state index >= 15 is 0 Å². The zero-order valence-electron chi connectivity index (χ0n) is 9.69. The van der Waals surface area contributed by atoms with Crippen molar-refractivity contribution in [2.45, 2.75) is 57.0 Å². The van der Waals surface area contributed by atoms with Gasteiger partial charge in [0.1, 0.15) is 0 Å². The molecule has 0 radical (unpaired) electrons. The van der Waals surface area contributed by atoms with Crippen LogP contribution in [0.2, 0.25) is 0 Å². The molecular weight excluding hydrogens is 262 g/mol. The second-order valence-electron chi connectivity index (χ2n) is 4.87. The maximum Gasteiger partial charge on any atom is 0.403 e. The lowest BCUT2D eigenvalue weighted by Gasteiger charge is -2.31. The van der Waals surface area contributed by atoms with Gasteiger partial charge in [0.2, 0.25) is 0 Å². The predicted molar refractivity (Wildman–Crippen MR) is 52.8 cm³/mol. The molecule has 1 aliphatic carbocycles. The smallest absolute Gasteiger partial charge is 0.392 e. The Labute approximate surface area is 101 Å². The molecule has 0 bridgehead atoms. The fourth-order valence-electron chi connectivity index (χ4n) is 2.52. The standard InChI is InChI=1S/C11H16F6O/c12-10(13,14)9(11(15,16)17)8(18)6-7-4-2-1-3-5-7/h7-9,18H,1-6H2. The van der Waals surface area contributed by atoms with Gasteiger partial charge in [-0.3, -0.25) is 0 Å². The third-order valence-corrected chi connectivity index (χ3v) is 3.39. The van der Waals surface area contributed by atoms with Gasteiger partial charge in [0.05, 0.1) is 6.10 Å². The Morgan fingerprint density at radius 1 is 0.889 bits per heavy atom. The van der Waals surface area contributed by atoms with Crippen LogP contribution in [-0.2, 0) is 0 Å². The highest BCUT2D eigenvalue weighted by Gasteiger charge is 2.60. The molecule has 0 amide bonds. The minimum absolute atomic E-state index is 0.235. The molecule has 0 saturated heterocycles. The van der Waals surface area contributed by atoms with Crippen LogP contribution in [0.5, 0.6) is 0 Å². The van der Waals surface area contributed by atoms with Gasteiger partial charge in [-0.25, -0.2) is 0 Å². The van der Waals surface area contributed by atoms with Gasteiger partial charge in [-0.2, -0.15) is 26.3 Å². The third-order valence-electron chi connectivity index (χ3n) is 3.39. The van der Waals surface area contributed by atoms with E-state index in [2.05, 4.69) is 0 Å². The summed E-state index contributed by atoms with van der Waals surface area (Å²) in [7, 11) is 0. The maximum absolute atomic E-state index is 12.3. The Kier molecular flexibility index (Phi) is 4.91. The van der Waals surface area contributed by atoms with Crippen LogP contribution in [0.4, 0.5) is 26.3 Å². The summed E-state index contributed by atoms with van der Waals surface area (Å²) < 4.78 is 74.0. The lowest BCUT2D eigenvalue weighted by Crippen LogP contribution is -2.45. The zero-order valence-corrected chi connectivity index (χ0v) is 9.69. The molecule has 1 fully saturated rings. The van der Waals surface area contributed by atoms with E-state index in [-0.39, 0.29) is 5.92 Å². The van der Waals surface area contributed by atoms with Crippen LogP contribution in [0.25, 0.3) is 0 Å². The molecule has 18 heavy (non-hydrogen) atoms. The molecular formula is C11H16F6O. The predicted octanol–water partition coefficient (Wildman–Crippen LogP) is 4.06. The van der Waals surface area contributed by atoms with Gasteiger partial charge in [-0.1, -0.05) is 32.1 Å². The van der Waals surface area contributed by atoms with Crippen molar-refractivity contribution in [1.82, 2.24) is 0 Å². The number of rotatable bonds is 3. The van der Waals surface area contributed by atoms with Gasteiger partial charge in [0.25, 0.3) is 0 Å². The number of halogens is 6. The summed E-state index contributed by atoms with van der Waals surface area (Å²) >= 11 is 0. The molecule has 1 aliphatic rings. The molecule has 0 heterocycles. The van der Waals surface area contributed by atoms with Crippen LogP contribution in [0.3, 0.4) is 0 Å². The number of hydrogen-bond acceptors (Lipinski definition) is 1. The van der Waals surface area contributed by atoms with E-state index < -0.39 is 30.8 Å². The van der Waals surface area contributed by atoms with Crippen molar-refractivity contribution in [3.05, 3.63) is 0 Å². The topological polar surface area (TPSA) is 20.2 Å². The van der Waals surface area contributed by atoms with E-state index in [1.807, 2.05) is 0 Å². The summed E-state index contributed by atoms with van der Waals surface area (Å²) in [4.78, 5) is 0. The molecule has 0 aromatic carbocycles. The summed E-state index contributed by atoms with van der Waals surface area (Å²) in [6, 6.07) is 0. The molecule has 7 heteroatoms. The lowest BCUT2D eigenvalue weighted by molar-refractivity contribution is -0.307. The number of aliphatic hydroxyl groups excluding tert-OH is 1. The summed E-state index contributed by atoms with van der Waals surface area (Å²) in [5, 5.41) is 9.29. The second kappa shape index (κ2) is 5.67. The van der Waals surface area contributed by atoms with Gasteiger partial charge in [0.15, 0.2) is 5.92 Å². The fourth-order valence-corrected chi connectivity index (χ4v) is 2.52. The Morgan fingerprint density at radius 3 is 1.72 bits per heavy atom. The highest BCUT2D eigenvalue weighted by Crippen LogP contribution is 2.43. The Morgan fingerprint density at radius 2 is 1.33 bits per heavy atom. The fraction of sp³-hybridized carbons (Fsp3) is 1.00. The van der Waals surface area contributed by atoms with E-state index in [9.17, 15) is 31.4 Å². The number of aliphatic hydroxyl groups is 1. The molecule has 0 spiro atoms. The lowest BCUT2D eigenvalue weighted by atomic mass is 9.82. The molecule has 1 unspecified atom stereocenters. The number of alkyl halides is 6. The average molecular weight is 278 g/mol. The van der Waals surface area contributed by atoms with Gasteiger partial charge in [-0.05, 0) is 12.3 Å². The third kappa shape index (κ3) is 4.33. The van der Waals surface area contributed by atoms with Gasteiger partial charge < -0.3 is 5.11 Å². The molecule has 108 valence electrons. The monoisotopic (exact) mass is 278 g/mol. The van der Waals surface area contributed by atoms with Gasteiger partial charge in [0, 0.05) is 0 Å². The Bertz CT molecular complexity index is 239. The summed E-state index contributed by atoms with van der Waals surface area (Å²) in [6.07, 6.45) is -9.97. The van der Waals surface area contributed by atoms with Crippen molar-refractivity contribution < 1.29 is 31.4 Å². The van der Waals surface area contributed by atoms with Crippen molar-refractivity contribution in [3.63, 3.8) is 0 Å². The van der Waals surface area contributed by atoms with Crippen LogP contribution in [-0.4, -0.2) is 23.6 Å². The quantitative estimate of drug-likeness (QED) is 0.772. The largest absolute Gasteiger partial charge is 0.403 e. The molecule has 1 saturated carbocycles. The van der Waals surface area contributed by atoms with Crippen LogP contribution in [0.1, 0.15) is 38.5 Å². The first-order valence-corrected chi connectivity index (χ1v) is 5.94. The summed E-state index contributed by atoms with van der Waals surface area (Å²) in [5.41, 5.74) is 0. The minimum atomic E-state index is -5.45. The highest BCUT2D eigenvalue weighted by molar-refractivity contribution is 4.84. The van der Waals surface area contributed by atoms with Gasteiger partial charge >= 0.3 is 12.4 Å².